The van der Waals surface area contributed by atoms with Crippen LogP contribution in [-0.2, 0) is 12.8 Å². The summed E-state index contributed by atoms with van der Waals surface area (Å²) in [5.41, 5.74) is -0.656. The van der Waals surface area contributed by atoms with Gasteiger partial charge >= 0.3 is 12.1 Å². The van der Waals surface area contributed by atoms with Gasteiger partial charge in [0, 0.05) is 0 Å². The van der Waals surface area contributed by atoms with Crippen molar-refractivity contribution in [1.29, 1.82) is 0 Å². The van der Waals surface area contributed by atoms with Gasteiger partial charge in [0.05, 0.1) is 5.56 Å². The van der Waals surface area contributed by atoms with E-state index in [9.17, 15) is 23.1 Å². The minimum absolute atomic E-state index is 0.0247. The maximum absolute atomic E-state index is 12.6. The second kappa shape index (κ2) is 5.97. The van der Waals surface area contributed by atoms with E-state index in [1.165, 1.54) is 30.3 Å². The van der Waals surface area contributed by atoms with Gasteiger partial charge in [-0.25, -0.2) is 4.79 Å². The number of ether oxygens (including phenoxy) is 1. The minimum Gasteiger partial charge on any atom is -0.507 e. The summed E-state index contributed by atoms with van der Waals surface area (Å²) in [6.07, 6.45) is -4.46. The molecule has 0 saturated carbocycles. The molecule has 0 amide bonds. The highest BCUT2D eigenvalue weighted by atomic mass is 19.4. The van der Waals surface area contributed by atoms with Gasteiger partial charge in [-0.3, -0.25) is 0 Å². The highest BCUT2D eigenvalue weighted by molar-refractivity contribution is 5.90. The lowest BCUT2D eigenvalue weighted by Crippen LogP contribution is -2.05. The Morgan fingerprint density at radius 3 is 2.45 bits per heavy atom. The summed E-state index contributed by atoms with van der Waals surface area (Å²) in [4.78, 5) is 10.7. The lowest BCUT2D eigenvalue weighted by atomic mass is 10.1. The Morgan fingerprint density at radius 1 is 1.14 bits per heavy atom. The standard InChI is InChI=1S/C15H11F3O4/c16-15(17,18)10-2-1-3-11(7-10)22-8-9-4-5-12(14(20)21)13(19)6-9/h1-7,19H,8H2,(H,20,21). The highest BCUT2D eigenvalue weighted by Gasteiger charge is 2.30. The molecule has 2 aromatic rings. The molecule has 0 aliphatic heterocycles. The number of carboxylic acid groups (broad SMARTS) is 1. The fourth-order valence-electron chi connectivity index (χ4n) is 1.78. The van der Waals surface area contributed by atoms with Crippen LogP contribution in [0.4, 0.5) is 13.2 Å². The van der Waals surface area contributed by atoms with E-state index in [0.29, 0.717) is 5.56 Å². The molecule has 0 radical (unpaired) electrons. The average molecular weight is 312 g/mol. The average Bonchev–Trinajstić information content (AvgIpc) is 2.44. The number of hydrogen-bond donors (Lipinski definition) is 2. The van der Waals surface area contributed by atoms with Gasteiger partial charge < -0.3 is 14.9 Å². The molecule has 7 heteroatoms. The zero-order valence-corrected chi connectivity index (χ0v) is 11.1. The van der Waals surface area contributed by atoms with Crippen LogP contribution in [0.3, 0.4) is 0 Å². The molecule has 0 fully saturated rings. The molecule has 2 N–H and O–H groups in total. The van der Waals surface area contributed by atoms with Crippen molar-refractivity contribution in [2.75, 3.05) is 0 Å². The number of aromatic hydroxyl groups is 1. The molecule has 0 aliphatic rings. The number of aromatic carboxylic acids is 1. The van der Waals surface area contributed by atoms with E-state index >= 15 is 0 Å². The van der Waals surface area contributed by atoms with Crippen molar-refractivity contribution < 1.29 is 32.9 Å². The molecule has 4 nitrogen and oxygen atoms in total. The zero-order chi connectivity index (χ0) is 16.3. The fourth-order valence-corrected chi connectivity index (χ4v) is 1.78. The van der Waals surface area contributed by atoms with Crippen LogP contribution >= 0.6 is 0 Å². The molecular weight excluding hydrogens is 301 g/mol. The number of phenols is 1. The molecule has 2 rings (SSSR count). The highest BCUT2D eigenvalue weighted by Crippen LogP contribution is 2.31. The molecule has 0 aliphatic carbocycles. The minimum atomic E-state index is -4.46. The van der Waals surface area contributed by atoms with Gasteiger partial charge in [0.15, 0.2) is 0 Å². The summed E-state index contributed by atoms with van der Waals surface area (Å²) in [5, 5.41) is 18.3. The summed E-state index contributed by atoms with van der Waals surface area (Å²) in [6.45, 7) is -0.102. The van der Waals surface area contributed by atoms with E-state index in [4.69, 9.17) is 9.84 Å². The molecule has 116 valence electrons. The van der Waals surface area contributed by atoms with Gasteiger partial charge in [0.1, 0.15) is 23.7 Å². The predicted molar refractivity (Wildman–Crippen MR) is 70.8 cm³/mol. The molecule has 0 bridgehead atoms. The molecule has 0 spiro atoms. The summed E-state index contributed by atoms with van der Waals surface area (Å²) in [7, 11) is 0. The maximum atomic E-state index is 12.6. The summed E-state index contributed by atoms with van der Waals surface area (Å²) in [5.74, 6) is -1.68. The number of alkyl halides is 3. The van der Waals surface area contributed by atoms with Gasteiger partial charge in [-0.05, 0) is 35.9 Å². The Balaban J connectivity index is 2.10. The van der Waals surface area contributed by atoms with Gasteiger partial charge in [-0.2, -0.15) is 13.2 Å². The van der Waals surface area contributed by atoms with E-state index in [1.807, 2.05) is 0 Å². The molecular formula is C15H11F3O4. The first kappa shape index (κ1) is 15.7. The third-order valence-corrected chi connectivity index (χ3v) is 2.86. The molecule has 0 unspecified atom stereocenters. The molecule has 0 aromatic heterocycles. The monoisotopic (exact) mass is 312 g/mol. The van der Waals surface area contributed by atoms with Crippen LogP contribution in [0.25, 0.3) is 0 Å². The smallest absolute Gasteiger partial charge is 0.416 e. The predicted octanol–water partition coefficient (Wildman–Crippen LogP) is 3.69. The van der Waals surface area contributed by atoms with Crippen LogP contribution in [0.15, 0.2) is 42.5 Å². The first-order valence-electron chi connectivity index (χ1n) is 6.12. The van der Waals surface area contributed by atoms with Gasteiger partial charge in [-0.1, -0.05) is 12.1 Å². The number of hydrogen-bond acceptors (Lipinski definition) is 3. The topological polar surface area (TPSA) is 66.8 Å². The number of benzene rings is 2. The SMILES string of the molecule is O=C(O)c1ccc(COc2cccc(C(F)(F)F)c2)cc1O. The molecule has 0 heterocycles. The molecule has 0 atom stereocenters. The summed E-state index contributed by atoms with van der Waals surface area (Å²) >= 11 is 0. The van der Waals surface area contributed by atoms with Crippen LogP contribution in [0.5, 0.6) is 11.5 Å². The van der Waals surface area contributed by atoms with Crippen molar-refractivity contribution in [3.8, 4) is 11.5 Å². The van der Waals surface area contributed by atoms with Crippen molar-refractivity contribution in [1.82, 2.24) is 0 Å². The Bertz CT molecular complexity index is 695. The maximum Gasteiger partial charge on any atom is 0.416 e. The van der Waals surface area contributed by atoms with Gasteiger partial charge in [-0.15, -0.1) is 0 Å². The van der Waals surface area contributed by atoms with Crippen LogP contribution in [0.1, 0.15) is 21.5 Å². The van der Waals surface area contributed by atoms with Crippen molar-refractivity contribution in [2.24, 2.45) is 0 Å². The number of halogens is 3. The normalized spacial score (nSPS) is 11.2. The zero-order valence-electron chi connectivity index (χ0n) is 11.1. The number of carbonyl (C=O) groups is 1. The van der Waals surface area contributed by atoms with Crippen molar-refractivity contribution >= 4 is 5.97 Å². The first-order valence-corrected chi connectivity index (χ1v) is 6.12. The van der Waals surface area contributed by atoms with Crippen molar-refractivity contribution in [2.45, 2.75) is 12.8 Å². The van der Waals surface area contributed by atoms with Gasteiger partial charge in [0.2, 0.25) is 0 Å². The third kappa shape index (κ3) is 3.69. The lowest BCUT2D eigenvalue weighted by molar-refractivity contribution is -0.137. The molecule has 2 aromatic carbocycles. The van der Waals surface area contributed by atoms with Crippen molar-refractivity contribution in [3.63, 3.8) is 0 Å². The fraction of sp³-hybridized carbons (Fsp3) is 0.133. The first-order chi connectivity index (χ1) is 10.3. The quantitative estimate of drug-likeness (QED) is 0.903. The molecule has 0 saturated heterocycles. The van der Waals surface area contributed by atoms with E-state index in [1.54, 1.807) is 0 Å². The lowest BCUT2D eigenvalue weighted by Gasteiger charge is -2.10. The Labute approximate surface area is 123 Å². The van der Waals surface area contributed by atoms with Crippen LogP contribution in [0, 0.1) is 0 Å². The molecule has 22 heavy (non-hydrogen) atoms. The largest absolute Gasteiger partial charge is 0.507 e. The third-order valence-electron chi connectivity index (χ3n) is 2.86. The van der Waals surface area contributed by atoms with Crippen LogP contribution < -0.4 is 4.74 Å². The number of rotatable bonds is 4. The van der Waals surface area contributed by atoms with Crippen LogP contribution in [0.2, 0.25) is 0 Å². The number of carboxylic acids is 1. The second-order valence-electron chi connectivity index (χ2n) is 4.47. The second-order valence-corrected chi connectivity index (χ2v) is 4.47. The van der Waals surface area contributed by atoms with E-state index in [2.05, 4.69) is 0 Å². The van der Waals surface area contributed by atoms with E-state index < -0.39 is 23.5 Å². The Morgan fingerprint density at radius 2 is 1.86 bits per heavy atom. The van der Waals surface area contributed by atoms with E-state index in [0.717, 1.165) is 12.1 Å². The van der Waals surface area contributed by atoms with E-state index in [-0.39, 0.29) is 17.9 Å². The van der Waals surface area contributed by atoms with Gasteiger partial charge in [0.25, 0.3) is 0 Å². The Hall–Kier alpha value is -2.70. The summed E-state index contributed by atoms with van der Waals surface area (Å²) < 4.78 is 42.9. The summed E-state index contributed by atoms with van der Waals surface area (Å²) in [6, 6.07) is 8.20. The van der Waals surface area contributed by atoms with Crippen LogP contribution in [-0.4, -0.2) is 16.2 Å². The van der Waals surface area contributed by atoms with Crippen molar-refractivity contribution in [3.05, 3.63) is 59.2 Å². The Kier molecular flexibility index (Phi) is 4.25.